The summed E-state index contributed by atoms with van der Waals surface area (Å²) in [6.07, 6.45) is 0.944. The lowest BCUT2D eigenvalue weighted by Gasteiger charge is -2.26. The quantitative estimate of drug-likeness (QED) is 0.840. The molecule has 2 amide bonds. The summed E-state index contributed by atoms with van der Waals surface area (Å²) in [6, 6.07) is 3.94. The van der Waals surface area contributed by atoms with Crippen LogP contribution in [0.25, 0.3) is 0 Å². The Kier molecular flexibility index (Phi) is 5.45. The van der Waals surface area contributed by atoms with Crippen molar-refractivity contribution in [1.82, 2.24) is 9.80 Å². The standard InChI is InChI=1S/C16H24N2O3S/c1-16(2,3)21-15(20)18-8-5-7-17(9-10-18)14(19)12-13-6-4-11-22-13/h4,6,11H,5,7-10,12H2,1-3H3. The summed E-state index contributed by atoms with van der Waals surface area (Å²) in [5, 5.41) is 1.98. The van der Waals surface area contributed by atoms with Gasteiger partial charge in [0, 0.05) is 31.1 Å². The van der Waals surface area contributed by atoms with E-state index in [0.717, 1.165) is 11.3 Å². The lowest BCUT2D eigenvalue weighted by atomic mass is 10.2. The van der Waals surface area contributed by atoms with E-state index >= 15 is 0 Å². The van der Waals surface area contributed by atoms with Crippen molar-refractivity contribution >= 4 is 23.3 Å². The zero-order valence-corrected chi connectivity index (χ0v) is 14.3. The van der Waals surface area contributed by atoms with Gasteiger partial charge in [0.05, 0.1) is 6.42 Å². The molecule has 5 nitrogen and oxygen atoms in total. The Morgan fingerprint density at radius 3 is 2.50 bits per heavy atom. The van der Waals surface area contributed by atoms with Crippen molar-refractivity contribution in [3.05, 3.63) is 22.4 Å². The van der Waals surface area contributed by atoms with E-state index in [9.17, 15) is 9.59 Å². The SMILES string of the molecule is CC(C)(C)OC(=O)N1CCCN(C(=O)Cc2cccs2)CC1. The zero-order valence-electron chi connectivity index (χ0n) is 13.5. The molecule has 0 spiro atoms. The second-order valence-electron chi connectivity index (χ2n) is 6.46. The van der Waals surface area contributed by atoms with Gasteiger partial charge in [-0.1, -0.05) is 6.07 Å². The Balaban J connectivity index is 1.86. The van der Waals surface area contributed by atoms with Crippen molar-refractivity contribution in [2.24, 2.45) is 0 Å². The van der Waals surface area contributed by atoms with Crippen LogP contribution in [-0.2, 0) is 16.0 Å². The van der Waals surface area contributed by atoms with Crippen molar-refractivity contribution < 1.29 is 14.3 Å². The highest BCUT2D eigenvalue weighted by atomic mass is 32.1. The topological polar surface area (TPSA) is 49.9 Å². The molecule has 1 aromatic rings. The van der Waals surface area contributed by atoms with Crippen LogP contribution in [0.5, 0.6) is 0 Å². The molecule has 2 rings (SSSR count). The Hall–Kier alpha value is -1.56. The monoisotopic (exact) mass is 324 g/mol. The first kappa shape index (κ1) is 16.8. The largest absolute Gasteiger partial charge is 0.444 e. The van der Waals surface area contributed by atoms with E-state index < -0.39 is 5.60 Å². The molecule has 0 aliphatic carbocycles. The van der Waals surface area contributed by atoms with Crippen molar-refractivity contribution in [3.8, 4) is 0 Å². The Labute approximate surface area is 135 Å². The van der Waals surface area contributed by atoms with Crippen LogP contribution in [0, 0.1) is 0 Å². The van der Waals surface area contributed by atoms with E-state index in [1.165, 1.54) is 0 Å². The predicted octanol–water partition coefficient (Wildman–Crippen LogP) is 2.76. The molecule has 2 heterocycles. The van der Waals surface area contributed by atoms with Gasteiger partial charge in [0.2, 0.25) is 5.91 Å². The summed E-state index contributed by atoms with van der Waals surface area (Å²) in [5.74, 6) is 0.133. The highest BCUT2D eigenvalue weighted by Crippen LogP contribution is 2.14. The van der Waals surface area contributed by atoms with Crippen molar-refractivity contribution in [3.63, 3.8) is 0 Å². The van der Waals surface area contributed by atoms with Crippen LogP contribution >= 0.6 is 11.3 Å². The zero-order chi connectivity index (χ0) is 16.2. The first-order valence-electron chi connectivity index (χ1n) is 7.63. The number of carbonyl (C=O) groups is 2. The second kappa shape index (κ2) is 7.13. The summed E-state index contributed by atoms with van der Waals surface area (Å²) in [4.78, 5) is 29.1. The van der Waals surface area contributed by atoms with Crippen LogP contribution in [0.2, 0.25) is 0 Å². The van der Waals surface area contributed by atoms with Crippen LogP contribution in [0.4, 0.5) is 4.79 Å². The minimum Gasteiger partial charge on any atom is -0.444 e. The van der Waals surface area contributed by atoms with E-state index in [0.29, 0.717) is 32.6 Å². The van der Waals surface area contributed by atoms with Gasteiger partial charge >= 0.3 is 6.09 Å². The molecule has 122 valence electrons. The van der Waals surface area contributed by atoms with Gasteiger partial charge in [-0.3, -0.25) is 4.79 Å². The maximum atomic E-state index is 12.3. The fraction of sp³-hybridized carbons (Fsp3) is 0.625. The molecule has 1 aliphatic rings. The molecule has 6 heteroatoms. The van der Waals surface area contributed by atoms with E-state index in [-0.39, 0.29) is 12.0 Å². The molecule has 0 bridgehead atoms. The number of nitrogens with zero attached hydrogens (tertiary/aromatic N) is 2. The maximum Gasteiger partial charge on any atom is 0.410 e. The molecule has 1 aliphatic heterocycles. The van der Waals surface area contributed by atoms with E-state index in [1.807, 2.05) is 43.2 Å². The van der Waals surface area contributed by atoms with Gasteiger partial charge < -0.3 is 14.5 Å². The lowest BCUT2D eigenvalue weighted by molar-refractivity contribution is -0.130. The van der Waals surface area contributed by atoms with Crippen LogP contribution in [0.1, 0.15) is 32.1 Å². The molecular formula is C16H24N2O3S. The highest BCUT2D eigenvalue weighted by molar-refractivity contribution is 7.10. The molecule has 1 fully saturated rings. The van der Waals surface area contributed by atoms with Crippen LogP contribution < -0.4 is 0 Å². The molecule has 1 aromatic heterocycles. The van der Waals surface area contributed by atoms with Crippen LogP contribution in [-0.4, -0.2) is 53.6 Å². The average molecular weight is 324 g/mol. The summed E-state index contributed by atoms with van der Waals surface area (Å²) < 4.78 is 5.40. The fourth-order valence-electron chi connectivity index (χ4n) is 2.35. The van der Waals surface area contributed by atoms with Gasteiger partial charge in [0.15, 0.2) is 0 Å². The molecule has 0 atom stereocenters. The van der Waals surface area contributed by atoms with Crippen LogP contribution in [0.3, 0.4) is 0 Å². The predicted molar refractivity (Wildman–Crippen MR) is 87.0 cm³/mol. The summed E-state index contributed by atoms with van der Waals surface area (Å²) >= 11 is 1.60. The van der Waals surface area contributed by atoms with Gasteiger partial charge in [-0.15, -0.1) is 11.3 Å². The molecule has 1 saturated heterocycles. The molecule has 22 heavy (non-hydrogen) atoms. The van der Waals surface area contributed by atoms with E-state index in [2.05, 4.69) is 0 Å². The number of hydrogen-bond donors (Lipinski definition) is 0. The fourth-order valence-corrected chi connectivity index (χ4v) is 3.05. The maximum absolute atomic E-state index is 12.3. The number of rotatable bonds is 2. The molecular weight excluding hydrogens is 300 g/mol. The Morgan fingerprint density at radius 1 is 1.18 bits per heavy atom. The molecule has 0 radical (unpaired) electrons. The normalized spacial score (nSPS) is 16.3. The molecule has 0 saturated carbocycles. The third-order valence-electron chi connectivity index (χ3n) is 3.41. The van der Waals surface area contributed by atoms with Gasteiger partial charge in [0.25, 0.3) is 0 Å². The average Bonchev–Trinajstić information content (AvgIpc) is 2.78. The minimum absolute atomic E-state index is 0.133. The van der Waals surface area contributed by atoms with Gasteiger partial charge in [-0.25, -0.2) is 4.79 Å². The van der Waals surface area contributed by atoms with Crippen LogP contribution in [0.15, 0.2) is 17.5 Å². The number of hydrogen-bond acceptors (Lipinski definition) is 4. The van der Waals surface area contributed by atoms with Crippen molar-refractivity contribution in [2.45, 2.75) is 39.2 Å². The summed E-state index contributed by atoms with van der Waals surface area (Å²) in [7, 11) is 0. The van der Waals surface area contributed by atoms with Crippen molar-refractivity contribution in [2.75, 3.05) is 26.2 Å². The number of carbonyl (C=O) groups excluding carboxylic acids is 2. The Bertz CT molecular complexity index is 508. The first-order chi connectivity index (χ1) is 10.3. The summed E-state index contributed by atoms with van der Waals surface area (Å²) in [5.41, 5.74) is -0.488. The highest BCUT2D eigenvalue weighted by Gasteiger charge is 2.25. The lowest BCUT2D eigenvalue weighted by Crippen LogP contribution is -2.40. The van der Waals surface area contributed by atoms with Gasteiger partial charge in [-0.2, -0.15) is 0 Å². The van der Waals surface area contributed by atoms with Crippen molar-refractivity contribution in [1.29, 1.82) is 0 Å². The van der Waals surface area contributed by atoms with E-state index in [4.69, 9.17) is 4.74 Å². The third kappa shape index (κ3) is 5.02. The minimum atomic E-state index is -0.488. The number of amides is 2. The number of thiophene rings is 1. The molecule has 0 aromatic carbocycles. The van der Waals surface area contributed by atoms with Gasteiger partial charge in [-0.05, 0) is 38.6 Å². The van der Waals surface area contributed by atoms with Gasteiger partial charge in [0.1, 0.15) is 5.60 Å². The van der Waals surface area contributed by atoms with E-state index in [1.54, 1.807) is 16.2 Å². The molecule has 0 N–H and O–H groups in total. The molecule has 0 unspecified atom stereocenters. The number of ether oxygens (including phenoxy) is 1. The Morgan fingerprint density at radius 2 is 1.86 bits per heavy atom. The first-order valence-corrected chi connectivity index (χ1v) is 8.51. The summed E-state index contributed by atoms with van der Waals surface area (Å²) in [6.45, 7) is 8.02. The smallest absolute Gasteiger partial charge is 0.410 e. The second-order valence-corrected chi connectivity index (χ2v) is 7.49. The third-order valence-corrected chi connectivity index (χ3v) is 4.28.